The van der Waals surface area contributed by atoms with E-state index in [1.807, 2.05) is 0 Å². The minimum absolute atomic E-state index is 0.865. The quantitative estimate of drug-likeness (QED) is 0.494. The molecule has 1 heteroatoms. The van der Waals surface area contributed by atoms with Crippen LogP contribution in [-0.4, -0.2) is 13.2 Å². The van der Waals surface area contributed by atoms with Crippen molar-refractivity contribution in [2.75, 3.05) is 13.2 Å². The fourth-order valence-electron chi connectivity index (χ4n) is 1.57. The first-order valence-electron chi connectivity index (χ1n) is 5.89. The highest BCUT2D eigenvalue weighted by Crippen LogP contribution is 2.14. The summed E-state index contributed by atoms with van der Waals surface area (Å²) in [5.41, 5.74) is 0. The molecule has 0 amide bonds. The van der Waals surface area contributed by atoms with Gasteiger partial charge in [-0.05, 0) is 25.7 Å². The molecule has 0 aromatic rings. The molecular formula is C12H26O. The van der Waals surface area contributed by atoms with Gasteiger partial charge in [0, 0.05) is 13.2 Å². The molecule has 0 saturated heterocycles. The van der Waals surface area contributed by atoms with Crippen molar-refractivity contribution in [1.82, 2.24) is 0 Å². The Bertz CT molecular complexity index is 91.1. The van der Waals surface area contributed by atoms with Crippen molar-refractivity contribution in [2.45, 2.75) is 59.3 Å². The lowest BCUT2D eigenvalue weighted by Crippen LogP contribution is -1.99. The SMILES string of the molecule is CCCCCC(C)CCCOCC. The van der Waals surface area contributed by atoms with E-state index in [-0.39, 0.29) is 0 Å². The molecule has 80 valence electrons. The van der Waals surface area contributed by atoms with Crippen molar-refractivity contribution < 1.29 is 4.74 Å². The minimum atomic E-state index is 0.865. The average molecular weight is 186 g/mol. The van der Waals surface area contributed by atoms with Gasteiger partial charge in [-0.2, -0.15) is 0 Å². The van der Waals surface area contributed by atoms with Crippen molar-refractivity contribution >= 4 is 0 Å². The van der Waals surface area contributed by atoms with E-state index in [1.165, 1.54) is 38.5 Å². The van der Waals surface area contributed by atoms with Crippen molar-refractivity contribution in [3.63, 3.8) is 0 Å². The van der Waals surface area contributed by atoms with Crippen LogP contribution in [-0.2, 0) is 4.74 Å². The van der Waals surface area contributed by atoms with Gasteiger partial charge in [-0.15, -0.1) is 0 Å². The molecule has 0 aromatic heterocycles. The summed E-state index contributed by atoms with van der Waals surface area (Å²) in [4.78, 5) is 0. The number of hydrogen-bond donors (Lipinski definition) is 0. The monoisotopic (exact) mass is 186 g/mol. The van der Waals surface area contributed by atoms with Gasteiger partial charge in [-0.1, -0.05) is 39.5 Å². The molecule has 0 bridgehead atoms. The van der Waals surface area contributed by atoms with Gasteiger partial charge in [0.2, 0.25) is 0 Å². The summed E-state index contributed by atoms with van der Waals surface area (Å²) in [5, 5.41) is 0. The van der Waals surface area contributed by atoms with Crippen LogP contribution >= 0.6 is 0 Å². The van der Waals surface area contributed by atoms with Crippen molar-refractivity contribution in [2.24, 2.45) is 5.92 Å². The molecule has 0 aliphatic carbocycles. The van der Waals surface area contributed by atoms with E-state index < -0.39 is 0 Å². The van der Waals surface area contributed by atoms with Crippen LogP contribution in [0, 0.1) is 5.92 Å². The Balaban J connectivity index is 3.05. The van der Waals surface area contributed by atoms with Gasteiger partial charge in [-0.25, -0.2) is 0 Å². The molecule has 1 nitrogen and oxygen atoms in total. The number of hydrogen-bond acceptors (Lipinski definition) is 1. The zero-order valence-corrected chi connectivity index (χ0v) is 9.64. The second-order valence-corrected chi connectivity index (χ2v) is 3.94. The van der Waals surface area contributed by atoms with E-state index in [9.17, 15) is 0 Å². The van der Waals surface area contributed by atoms with Gasteiger partial charge in [0.25, 0.3) is 0 Å². The second-order valence-electron chi connectivity index (χ2n) is 3.94. The fourth-order valence-corrected chi connectivity index (χ4v) is 1.57. The van der Waals surface area contributed by atoms with Gasteiger partial charge in [0.15, 0.2) is 0 Å². The lowest BCUT2D eigenvalue weighted by molar-refractivity contribution is 0.139. The Morgan fingerprint density at radius 3 is 2.31 bits per heavy atom. The van der Waals surface area contributed by atoms with Crippen molar-refractivity contribution in [3.8, 4) is 0 Å². The predicted molar refractivity (Wildman–Crippen MR) is 59.0 cm³/mol. The summed E-state index contributed by atoms with van der Waals surface area (Å²) in [6, 6.07) is 0. The maximum absolute atomic E-state index is 5.31. The maximum atomic E-state index is 5.31. The first-order chi connectivity index (χ1) is 6.31. The first kappa shape index (κ1) is 13.0. The van der Waals surface area contributed by atoms with E-state index in [0.717, 1.165) is 19.1 Å². The first-order valence-corrected chi connectivity index (χ1v) is 5.89. The van der Waals surface area contributed by atoms with E-state index in [1.54, 1.807) is 0 Å². The average Bonchev–Trinajstić information content (AvgIpc) is 2.13. The van der Waals surface area contributed by atoms with E-state index >= 15 is 0 Å². The fraction of sp³-hybridized carbons (Fsp3) is 1.00. The largest absolute Gasteiger partial charge is 0.382 e. The molecule has 13 heavy (non-hydrogen) atoms. The molecule has 1 atom stereocenters. The van der Waals surface area contributed by atoms with Crippen LogP contribution in [0.25, 0.3) is 0 Å². The topological polar surface area (TPSA) is 9.23 Å². The zero-order valence-electron chi connectivity index (χ0n) is 9.64. The Hall–Kier alpha value is -0.0400. The molecule has 0 aromatic carbocycles. The highest BCUT2D eigenvalue weighted by atomic mass is 16.5. The maximum Gasteiger partial charge on any atom is 0.0465 e. The molecular weight excluding hydrogens is 160 g/mol. The molecule has 0 spiro atoms. The minimum Gasteiger partial charge on any atom is -0.382 e. The number of rotatable bonds is 9. The molecule has 0 saturated carbocycles. The summed E-state index contributed by atoms with van der Waals surface area (Å²) in [7, 11) is 0. The van der Waals surface area contributed by atoms with Crippen LogP contribution < -0.4 is 0 Å². The standard InChI is InChI=1S/C12H26O/c1-4-6-7-9-12(3)10-8-11-13-5-2/h12H,4-11H2,1-3H3. The second kappa shape index (κ2) is 10.0. The van der Waals surface area contributed by atoms with Gasteiger partial charge < -0.3 is 4.74 Å². The molecule has 0 radical (unpaired) electrons. The number of ether oxygens (including phenoxy) is 1. The smallest absolute Gasteiger partial charge is 0.0465 e. The van der Waals surface area contributed by atoms with Gasteiger partial charge in [0.1, 0.15) is 0 Å². The Morgan fingerprint density at radius 1 is 1.00 bits per heavy atom. The lowest BCUT2D eigenvalue weighted by atomic mass is 9.98. The Labute approximate surface area is 83.9 Å². The molecule has 0 fully saturated rings. The molecule has 1 unspecified atom stereocenters. The summed E-state index contributed by atoms with van der Waals surface area (Å²) < 4.78 is 5.31. The zero-order chi connectivity index (χ0) is 9.94. The van der Waals surface area contributed by atoms with Crippen LogP contribution in [0.2, 0.25) is 0 Å². The third-order valence-electron chi connectivity index (χ3n) is 2.49. The summed E-state index contributed by atoms with van der Waals surface area (Å²) in [5.74, 6) is 0.895. The summed E-state index contributed by atoms with van der Waals surface area (Å²) in [6.45, 7) is 8.50. The third-order valence-corrected chi connectivity index (χ3v) is 2.49. The van der Waals surface area contributed by atoms with E-state index in [2.05, 4.69) is 20.8 Å². The summed E-state index contributed by atoms with van der Waals surface area (Å²) in [6.07, 6.45) is 8.12. The van der Waals surface area contributed by atoms with Crippen LogP contribution in [0.3, 0.4) is 0 Å². The van der Waals surface area contributed by atoms with Crippen LogP contribution in [0.5, 0.6) is 0 Å². The summed E-state index contributed by atoms with van der Waals surface area (Å²) >= 11 is 0. The van der Waals surface area contributed by atoms with Crippen molar-refractivity contribution in [1.29, 1.82) is 0 Å². The molecule has 0 aliphatic rings. The van der Waals surface area contributed by atoms with Crippen LogP contribution in [0.15, 0.2) is 0 Å². The Kier molecular flexibility index (Phi) is 10.0. The van der Waals surface area contributed by atoms with E-state index in [0.29, 0.717) is 0 Å². The predicted octanol–water partition coefficient (Wildman–Crippen LogP) is 4.02. The molecule has 0 N–H and O–H groups in total. The lowest BCUT2D eigenvalue weighted by Gasteiger charge is -2.10. The number of unbranched alkanes of at least 4 members (excludes halogenated alkanes) is 2. The molecule has 0 aliphatic heterocycles. The highest BCUT2D eigenvalue weighted by Gasteiger charge is 2.00. The van der Waals surface area contributed by atoms with Gasteiger partial charge in [-0.3, -0.25) is 0 Å². The van der Waals surface area contributed by atoms with Crippen LogP contribution in [0.4, 0.5) is 0 Å². The van der Waals surface area contributed by atoms with Gasteiger partial charge in [0.05, 0.1) is 0 Å². The molecule has 0 rings (SSSR count). The normalized spacial score (nSPS) is 13.2. The van der Waals surface area contributed by atoms with Gasteiger partial charge >= 0.3 is 0 Å². The van der Waals surface area contributed by atoms with Crippen molar-refractivity contribution in [3.05, 3.63) is 0 Å². The third kappa shape index (κ3) is 9.88. The van der Waals surface area contributed by atoms with E-state index in [4.69, 9.17) is 4.74 Å². The Morgan fingerprint density at radius 2 is 1.69 bits per heavy atom. The van der Waals surface area contributed by atoms with Crippen LogP contribution in [0.1, 0.15) is 59.3 Å². The molecule has 0 heterocycles. The highest BCUT2D eigenvalue weighted by molar-refractivity contribution is 4.53.